The number of likely N-dealkylation sites (N-methyl/N-ethyl adjacent to an activating group) is 1. The molecule has 4 nitrogen and oxygen atoms in total. The second kappa shape index (κ2) is 4.30. The van der Waals surface area contributed by atoms with Gasteiger partial charge in [-0.15, -0.1) is 0 Å². The number of methoxy groups -OCH3 is 1. The summed E-state index contributed by atoms with van der Waals surface area (Å²) in [4.78, 5) is 13.0. The number of rotatable bonds is 1. The predicted octanol–water partition coefficient (Wildman–Crippen LogP) is 2.93. The molecule has 2 aliphatic carbocycles. The van der Waals surface area contributed by atoms with Crippen LogP contribution in [0.3, 0.4) is 0 Å². The Morgan fingerprint density at radius 1 is 1.27 bits per heavy atom. The lowest BCUT2D eigenvalue weighted by Crippen LogP contribution is -2.67. The van der Waals surface area contributed by atoms with Gasteiger partial charge in [0, 0.05) is 17.5 Å². The van der Waals surface area contributed by atoms with E-state index in [2.05, 4.69) is 43.6 Å². The van der Waals surface area contributed by atoms with Crippen LogP contribution in [0.2, 0.25) is 0 Å². The van der Waals surface area contributed by atoms with Crippen LogP contribution >= 0.6 is 0 Å². The fraction of sp³-hybridized carbons (Fsp3) is 0.682. The number of piperidine rings is 1. The first-order chi connectivity index (χ1) is 12.5. The van der Waals surface area contributed by atoms with Crippen LogP contribution in [0.4, 0.5) is 5.69 Å². The second-order valence-corrected chi connectivity index (χ2v) is 9.93. The molecule has 2 saturated heterocycles. The van der Waals surface area contributed by atoms with Crippen LogP contribution in [-0.2, 0) is 14.9 Å². The SMILES string of the molecule is COC(=O)[C@H]1C[C@@]23CCC[N@@+]4(C)CC[C@@]5(c6ccccc6N[C@]15[C@@H]2C)[C@H]34. The molecule has 5 aliphatic rings. The molecule has 0 aromatic heterocycles. The van der Waals surface area contributed by atoms with Crippen molar-refractivity contribution in [1.29, 1.82) is 0 Å². The quantitative estimate of drug-likeness (QED) is 0.623. The summed E-state index contributed by atoms with van der Waals surface area (Å²) in [6, 6.07) is 9.52. The number of para-hydroxylation sites is 1. The Kier molecular flexibility index (Phi) is 2.56. The summed E-state index contributed by atoms with van der Waals surface area (Å²) in [6.45, 7) is 4.98. The fourth-order valence-corrected chi connectivity index (χ4v) is 9.19. The number of anilines is 1. The summed E-state index contributed by atoms with van der Waals surface area (Å²) < 4.78 is 6.56. The molecule has 1 aromatic carbocycles. The number of esters is 1. The van der Waals surface area contributed by atoms with E-state index >= 15 is 0 Å². The highest BCUT2D eigenvalue weighted by Crippen LogP contribution is 2.80. The van der Waals surface area contributed by atoms with Crippen LogP contribution in [0.15, 0.2) is 24.3 Å². The Bertz CT molecular complexity index is 839. The van der Waals surface area contributed by atoms with Gasteiger partial charge < -0.3 is 14.5 Å². The highest BCUT2D eigenvalue weighted by Gasteiger charge is 2.89. The van der Waals surface area contributed by atoms with Crippen molar-refractivity contribution in [2.75, 3.05) is 32.6 Å². The molecule has 3 aliphatic heterocycles. The van der Waals surface area contributed by atoms with Crippen LogP contribution < -0.4 is 5.32 Å². The van der Waals surface area contributed by atoms with E-state index in [1.807, 2.05) is 0 Å². The third kappa shape index (κ3) is 1.24. The normalized spacial score (nSPS) is 52.2. The zero-order valence-corrected chi connectivity index (χ0v) is 16.0. The van der Waals surface area contributed by atoms with Gasteiger partial charge in [-0.05, 0) is 36.8 Å². The highest BCUT2D eigenvalue weighted by atomic mass is 16.5. The van der Waals surface area contributed by atoms with E-state index in [4.69, 9.17) is 4.74 Å². The van der Waals surface area contributed by atoms with Crippen LogP contribution in [0.1, 0.15) is 38.2 Å². The van der Waals surface area contributed by atoms with Gasteiger partial charge in [-0.3, -0.25) is 4.79 Å². The van der Waals surface area contributed by atoms with E-state index < -0.39 is 0 Å². The molecule has 4 fully saturated rings. The van der Waals surface area contributed by atoms with Crippen molar-refractivity contribution in [2.24, 2.45) is 17.3 Å². The van der Waals surface area contributed by atoms with Crippen LogP contribution in [0.25, 0.3) is 0 Å². The molecule has 1 N–H and O–H groups in total. The highest BCUT2D eigenvalue weighted by molar-refractivity contribution is 5.82. The van der Waals surface area contributed by atoms with E-state index in [0.29, 0.717) is 12.0 Å². The maximum atomic E-state index is 13.0. The van der Waals surface area contributed by atoms with Gasteiger partial charge in [-0.1, -0.05) is 25.1 Å². The summed E-state index contributed by atoms with van der Waals surface area (Å²) >= 11 is 0. The van der Waals surface area contributed by atoms with Crippen molar-refractivity contribution >= 4 is 11.7 Å². The molecule has 1 aromatic rings. The van der Waals surface area contributed by atoms with Crippen molar-refractivity contribution in [2.45, 2.75) is 49.6 Å². The maximum absolute atomic E-state index is 13.0. The Morgan fingerprint density at radius 3 is 2.88 bits per heavy atom. The number of quaternary nitrogens is 1. The number of carbonyl (C=O) groups is 1. The number of nitrogens with zero attached hydrogens (tertiary/aromatic N) is 1. The van der Waals surface area contributed by atoms with Crippen LogP contribution in [0.5, 0.6) is 0 Å². The third-order valence-corrected chi connectivity index (χ3v) is 9.62. The lowest BCUT2D eigenvalue weighted by atomic mass is 9.56. The summed E-state index contributed by atoms with van der Waals surface area (Å²) in [6.07, 6.45) is 4.76. The van der Waals surface area contributed by atoms with Crippen molar-refractivity contribution in [3.63, 3.8) is 0 Å². The predicted molar refractivity (Wildman–Crippen MR) is 99.8 cm³/mol. The average molecular weight is 353 g/mol. The molecule has 26 heavy (non-hydrogen) atoms. The molecule has 138 valence electrons. The van der Waals surface area contributed by atoms with E-state index in [9.17, 15) is 4.79 Å². The van der Waals surface area contributed by atoms with Gasteiger partial charge in [0.2, 0.25) is 0 Å². The van der Waals surface area contributed by atoms with Crippen molar-refractivity contribution in [1.82, 2.24) is 0 Å². The minimum absolute atomic E-state index is 0.00136. The molecule has 2 bridgehead atoms. The van der Waals surface area contributed by atoms with Crippen LogP contribution in [-0.4, -0.2) is 49.3 Å². The Hall–Kier alpha value is -1.55. The molecule has 3 heterocycles. The van der Waals surface area contributed by atoms with Crippen molar-refractivity contribution in [3.8, 4) is 0 Å². The van der Waals surface area contributed by atoms with E-state index in [-0.39, 0.29) is 28.3 Å². The molecule has 3 spiro atoms. The van der Waals surface area contributed by atoms with Gasteiger partial charge in [0.15, 0.2) is 0 Å². The smallest absolute Gasteiger partial charge is 0.311 e. The van der Waals surface area contributed by atoms with Gasteiger partial charge in [0.05, 0.1) is 44.1 Å². The standard InChI is InChI=1S/C22H29N2O2/c1-14-20-9-6-11-24(2)12-10-21(19(20)24)15-7-4-5-8-17(15)23-22(14,21)16(13-20)18(25)26-3/h4-5,7-8,14,16,19,23H,6,9-13H2,1-3H3/q+1/t14-,16-,19+,20+,21-,22-,24+/m1/s1. The van der Waals surface area contributed by atoms with Gasteiger partial charge in [0.25, 0.3) is 0 Å². The largest absolute Gasteiger partial charge is 0.469 e. The minimum Gasteiger partial charge on any atom is -0.469 e. The minimum atomic E-state index is -0.172. The molecular formula is C22H29N2O2+. The van der Waals surface area contributed by atoms with Gasteiger partial charge in [-0.25, -0.2) is 0 Å². The maximum Gasteiger partial charge on any atom is 0.311 e. The number of ether oxygens (including phenoxy) is 1. The van der Waals surface area contributed by atoms with E-state index in [1.54, 1.807) is 7.11 Å². The van der Waals surface area contributed by atoms with Gasteiger partial charge in [-0.2, -0.15) is 0 Å². The molecule has 0 radical (unpaired) electrons. The van der Waals surface area contributed by atoms with Gasteiger partial charge in [0.1, 0.15) is 6.04 Å². The summed E-state index contributed by atoms with van der Waals surface area (Å²) in [5.41, 5.74) is 2.92. The number of hydrogen-bond donors (Lipinski definition) is 1. The summed E-state index contributed by atoms with van der Waals surface area (Å²) in [5.74, 6) is 0.462. The molecule has 0 unspecified atom stereocenters. The fourth-order valence-electron chi connectivity index (χ4n) is 9.19. The summed E-state index contributed by atoms with van der Waals surface area (Å²) in [7, 11) is 4.06. The number of hydrogen-bond acceptors (Lipinski definition) is 3. The first-order valence-electron chi connectivity index (χ1n) is 10.3. The number of carbonyl (C=O) groups excluding carboxylic acids is 1. The van der Waals surface area contributed by atoms with Crippen molar-refractivity contribution < 1.29 is 14.0 Å². The van der Waals surface area contributed by atoms with Crippen molar-refractivity contribution in [3.05, 3.63) is 29.8 Å². The zero-order chi connectivity index (χ0) is 17.9. The molecule has 6 rings (SSSR count). The first kappa shape index (κ1) is 15.5. The zero-order valence-electron chi connectivity index (χ0n) is 16.0. The van der Waals surface area contributed by atoms with E-state index in [1.165, 1.54) is 48.1 Å². The molecule has 4 heteroatoms. The van der Waals surface area contributed by atoms with E-state index in [0.717, 1.165) is 6.42 Å². The molecular weight excluding hydrogens is 324 g/mol. The Balaban J connectivity index is 1.69. The average Bonchev–Trinajstić information content (AvgIpc) is 3.27. The monoisotopic (exact) mass is 353 g/mol. The Morgan fingerprint density at radius 2 is 2.08 bits per heavy atom. The topological polar surface area (TPSA) is 38.3 Å². The lowest BCUT2D eigenvalue weighted by molar-refractivity contribution is -0.936. The third-order valence-electron chi connectivity index (χ3n) is 9.62. The number of fused-ring (bicyclic) bond motifs is 1. The first-order valence-corrected chi connectivity index (χ1v) is 10.3. The number of benzene rings is 1. The second-order valence-electron chi connectivity index (χ2n) is 9.93. The molecule has 2 saturated carbocycles. The van der Waals surface area contributed by atoms with Gasteiger partial charge >= 0.3 is 5.97 Å². The van der Waals surface area contributed by atoms with Crippen LogP contribution in [0, 0.1) is 17.3 Å². The number of nitrogens with one attached hydrogen (secondary N) is 1. The molecule has 7 atom stereocenters. The lowest BCUT2D eigenvalue weighted by Gasteiger charge is -2.54. The summed E-state index contributed by atoms with van der Waals surface area (Å²) in [5, 5.41) is 3.99. The Labute approximate surface area is 155 Å². The molecule has 0 amide bonds.